The minimum atomic E-state index is 0.222. The first-order valence-electron chi connectivity index (χ1n) is 4.88. The van der Waals surface area contributed by atoms with Gasteiger partial charge >= 0.3 is 0 Å². The summed E-state index contributed by atoms with van der Waals surface area (Å²) < 4.78 is 5.65. The van der Waals surface area contributed by atoms with Crippen LogP contribution in [-0.2, 0) is 0 Å². The molecule has 2 aromatic carbocycles. The van der Waals surface area contributed by atoms with Gasteiger partial charge in [-0.05, 0) is 55.0 Å². The molecule has 0 unspecified atom stereocenters. The topological polar surface area (TPSA) is 29.5 Å². The molecule has 0 amide bonds. The normalized spacial score (nSPS) is 10.1. The third-order valence-electron chi connectivity index (χ3n) is 2.20. The molecule has 2 aromatic rings. The summed E-state index contributed by atoms with van der Waals surface area (Å²) in [5, 5.41) is 9.83. The molecule has 0 aliphatic heterocycles. The minimum absolute atomic E-state index is 0.222. The van der Waals surface area contributed by atoms with E-state index in [2.05, 4.69) is 0 Å². The van der Waals surface area contributed by atoms with Gasteiger partial charge < -0.3 is 9.84 Å². The number of phenols is 1. The maximum absolute atomic E-state index is 9.14. The second-order valence-electron chi connectivity index (χ2n) is 3.51. The van der Waals surface area contributed by atoms with Crippen LogP contribution in [0, 0.1) is 6.92 Å². The molecule has 0 atom stereocenters. The fraction of sp³-hybridized carbons (Fsp3) is 0.0769. The Kier molecular flexibility index (Phi) is 3.02. The van der Waals surface area contributed by atoms with Crippen LogP contribution in [0.5, 0.6) is 17.2 Å². The molecule has 2 rings (SSSR count). The van der Waals surface area contributed by atoms with E-state index in [1.165, 1.54) is 0 Å². The second kappa shape index (κ2) is 4.45. The van der Waals surface area contributed by atoms with Crippen LogP contribution < -0.4 is 4.74 Å². The molecule has 0 heterocycles. The monoisotopic (exact) mass is 234 g/mol. The Morgan fingerprint density at radius 1 is 1.06 bits per heavy atom. The summed E-state index contributed by atoms with van der Waals surface area (Å²) in [4.78, 5) is 0. The van der Waals surface area contributed by atoms with E-state index in [1.807, 2.05) is 19.1 Å². The number of halogens is 1. The predicted octanol–water partition coefficient (Wildman–Crippen LogP) is 4.15. The van der Waals surface area contributed by atoms with E-state index in [9.17, 15) is 0 Å². The van der Waals surface area contributed by atoms with Crippen molar-refractivity contribution in [3.05, 3.63) is 53.1 Å². The van der Waals surface area contributed by atoms with Crippen molar-refractivity contribution in [2.75, 3.05) is 0 Å². The van der Waals surface area contributed by atoms with Crippen molar-refractivity contribution < 1.29 is 9.84 Å². The fourth-order valence-electron chi connectivity index (χ4n) is 1.37. The number of phenolic OH excluding ortho intramolecular Hbond substituents is 1. The van der Waals surface area contributed by atoms with Gasteiger partial charge in [-0.1, -0.05) is 11.6 Å². The minimum Gasteiger partial charge on any atom is -0.508 e. The van der Waals surface area contributed by atoms with Crippen LogP contribution >= 0.6 is 11.6 Å². The Bertz CT molecular complexity index is 492. The lowest BCUT2D eigenvalue weighted by Crippen LogP contribution is -1.86. The summed E-state index contributed by atoms with van der Waals surface area (Å²) in [6.45, 7) is 1.93. The van der Waals surface area contributed by atoms with Gasteiger partial charge in [-0.25, -0.2) is 0 Å². The van der Waals surface area contributed by atoms with E-state index in [4.69, 9.17) is 21.4 Å². The number of ether oxygens (including phenoxy) is 1. The molecular weight excluding hydrogens is 224 g/mol. The van der Waals surface area contributed by atoms with E-state index in [0.717, 1.165) is 11.3 Å². The molecule has 0 aromatic heterocycles. The number of aryl methyl sites for hydroxylation is 1. The van der Waals surface area contributed by atoms with Crippen LogP contribution in [0.2, 0.25) is 5.02 Å². The average Bonchev–Trinajstić information content (AvgIpc) is 2.25. The number of aromatic hydroxyl groups is 1. The molecule has 0 bridgehead atoms. The van der Waals surface area contributed by atoms with Crippen LogP contribution in [0.1, 0.15) is 5.56 Å². The Balaban J connectivity index is 2.23. The van der Waals surface area contributed by atoms with Gasteiger partial charge in [0.15, 0.2) is 0 Å². The highest BCUT2D eigenvalue weighted by Gasteiger charge is 2.02. The van der Waals surface area contributed by atoms with Crippen molar-refractivity contribution in [3.63, 3.8) is 0 Å². The molecule has 2 nitrogen and oxygen atoms in total. The Morgan fingerprint density at radius 3 is 2.38 bits per heavy atom. The molecular formula is C13H11ClO2. The molecule has 82 valence electrons. The number of hydrogen-bond donors (Lipinski definition) is 1. The maximum atomic E-state index is 9.14. The third-order valence-corrected chi connectivity index (χ3v) is 2.44. The van der Waals surface area contributed by atoms with Gasteiger partial charge in [0.25, 0.3) is 0 Å². The van der Waals surface area contributed by atoms with Gasteiger partial charge in [-0.3, -0.25) is 0 Å². The maximum Gasteiger partial charge on any atom is 0.130 e. The highest BCUT2D eigenvalue weighted by molar-refractivity contribution is 6.30. The summed E-state index contributed by atoms with van der Waals surface area (Å²) >= 11 is 5.85. The lowest BCUT2D eigenvalue weighted by atomic mass is 10.2. The molecule has 1 N–H and O–H groups in total. The van der Waals surface area contributed by atoms with Crippen molar-refractivity contribution >= 4 is 11.6 Å². The van der Waals surface area contributed by atoms with Crippen LogP contribution in [0.15, 0.2) is 42.5 Å². The van der Waals surface area contributed by atoms with E-state index in [-0.39, 0.29) is 5.75 Å². The Labute approximate surface area is 99.1 Å². The molecule has 16 heavy (non-hydrogen) atoms. The number of hydrogen-bond acceptors (Lipinski definition) is 2. The average molecular weight is 235 g/mol. The van der Waals surface area contributed by atoms with Gasteiger partial charge in [-0.2, -0.15) is 0 Å². The molecule has 0 radical (unpaired) electrons. The zero-order valence-electron chi connectivity index (χ0n) is 8.77. The predicted molar refractivity (Wildman–Crippen MR) is 64.4 cm³/mol. The molecule has 0 aliphatic rings. The number of rotatable bonds is 2. The van der Waals surface area contributed by atoms with Gasteiger partial charge in [0.2, 0.25) is 0 Å². The quantitative estimate of drug-likeness (QED) is 0.846. The van der Waals surface area contributed by atoms with Crippen molar-refractivity contribution in [2.24, 2.45) is 0 Å². The van der Waals surface area contributed by atoms with Gasteiger partial charge in [0.1, 0.15) is 17.2 Å². The number of benzene rings is 2. The standard InChI is InChI=1S/C13H11ClO2/c1-9-8-10(14)2-7-13(9)16-12-5-3-11(15)4-6-12/h2-8,15H,1H3. The van der Waals surface area contributed by atoms with Crippen LogP contribution in [-0.4, -0.2) is 5.11 Å². The molecule has 0 fully saturated rings. The highest BCUT2D eigenvalue weighted by Crippen LogP contribution is 2.27. The molecule has 0 saturated carbocycles. The zero-order chi connectivity index (χ0) is 11.5. The van der Waals surface area contributed by atoms with E-state index in [1.54, 1.807) is 30.3 Å². The molecule has 0 spiro atoms. The summed E-state index contributed by atoms with van der Waals surface area (Å²) in [5.41, 5.74) is 0.973. The van der Waals surface area contributed by atoms with E-state index >= 15 is 0 Å². The first-order valence-corrected chi connectivity index (χ1v) is 5.26. The fourth-order valence-corrected chi connectivity index (χ4v) is 1.60. The van der Waals surface area contributed by atoms with Crippen molar-refractivity contribution in [1.82, 2.24) is 0 Å². The Morgan fingerprint density at radius 2 is 1.75 bits per heavy atom. The zero-order valence-corrected chi connectivity index (χ0v) is 9.53. The van der Waals surface area contributed by atoms with Gasteiger partial charge in [0.05, 0.1) is 0 Å². The summed E-state index contributed by atoms with van der Waals surface area (Å²) in [6, 6.07) is 12.0. The largest absolute Gasteiger partial charge is 0.508 e. The lowest BCUT2D eigenvalue weighted by molar-refractivity contribution is 0.463. The third kappa shape index (κ3) is 2.47. The first kappa shape index (κ1) is 10.8. The summed E-state index contributed by atoms with van der Waals surface area (Å²) in [5.74, 6) is 1.67. The smallest absolute Gasteiger partial charge is 0.130 e. The van der Waals surface area contributed by atoms with Crippen LogP contribution in [0.3, 0.4) is 0 Å². The summed E-state index contributed by atoms with van der Waals surface area (Å²) in [6.07, 6.45) is 0. The summed E-state index contributed by atoms with van der Waals surface area (Å²) in [7, 11) is 0. The van der Waals surface area contributed by atoms with Crippen LogP contribution in [0.25, 0.3) is 0 Å². The van der Waals surface area contributed by atoms with Crippen molar-refractivity contribution in [2.45, 2.75) is 6.92 Å². The Hall–Kier alpha value is -1.67. The van der Waals surface area contributed by atoms with Crippen molar-refractivity contribution in [3.8, 4) is 17.2 Å². The molecule has 3 heteroatoms. The SMILES string of the molecule is Cc1cc(Cl)ccc1Oc1ccc(O)cc1. The molecule has 0 saturated heterocycles. The first-order chi connectivity index (χ1) is 7.65. The second-order valence-corrected chi connectivity index (χ2v) is 3.94. The molecule has 0 aliphatic carbocycles. The van der Waals surface area contributed by atoms with Gasteiger partial charge in [0, 0.05) is 5.02 Å². The van der Waals surface area contributed by atoms with E-state index in [0.29, 0.717) is 10.8 Å². The van der Waals surface area contributed by atoms with Crippen LogP contribution in [0.4, 0.5) is 0 Å². The van der Waals surface area contributed by atoms with Crippen molar-refractivity contribution in [1.29, 1.82) is 0 Å². The lowest BCUT2D eigenvalue weighted by Gasteiger charge is -2.08. The van der Waals surface area contributed by atoms with E-state index < -0.39 is 0 Å². The van der Waals surface area contributed by atoms with Gasteiger partial charge in [-0.15, -0.1) is 0 Å². The highest BCUT2D eigenvalue weighted by atomic mass is 35.5.